The molecule has 0 saturated heterocycles. The summed E-state index contributed by atoms with van der Waals surface area (Å²) in [7, 11) is 0. The molecular formula is C20H21ClN2O5. The molecule has 2 aromatic rings. The number of nitrogens with zero attached hydrogens (tertiary/aromatic N) is 1. The first kappa shape index (κ1) is 21.4. The second kappa shape index (κ2) is 9.32. The Balaban J connectivity index is 2.10. The molecule has 0 radical (unpaired) electrons. The molecular weight excluding hydrogens is 384 g/mol. The highest BCUT2D eigenvalue weighted by Crippen LogP contribution is 2.27. The van der Waals surface area contributed by atoms with Gasteiger partial charge in [0, 0.05) is 11.8 Å². The fraction of sp³-hybridized carbons (Fsp3) is 0.300. The summed E-state index contributed by atoms with van der Waals surface area (Å²) in [4.78, 5) is 35.0. The molecule has 0 aromatic heterocycles. The van der Waals surface area contributed by atoms with Crippen molar-refractivity contribution in [2.75, 3.05) is 5.32 Å². The number of benzene rings is 2. The van der Waals surface area contributed by atoms with E-state index in [0.717, 1.165) is 18.1 Å². The van der Waals surface area contributed by atoms with E-state index < -0.39 is 28.6 Å². The molecule has 8 heteroatoms. The normalized spacial score (nSPS) is 12.7. The molecule has 7 nitrogen and oxygen atoms in total. The number of anilines is 1. The smallest absolute Gasteiger partial charge is 0.339 e. The van der Waals surface area contributed by atoms with Gasteiger partial charge in [-0.15, -0.1) is 0 Å². The van der Waals surface area contributed by atoms with E-state index in [1.54, 1.807) is 6.07 Å². The maximum atomic E-state index is 12.5. The number of ether oxygens (including phenoxy) is 1. The SMILES string of the molecule is CCC(C)c1ccccc1NC(=O)C(C)OC(=O)c1ccc(Cl)c([N+](=O)[O-])c1. The molecule has 148 valence electrons. The minimum Gasteiger partial charge on any atom is -0.449 e. The zero-order valence-corrected chi connectivity index (χ0v) is 16.5. The summed E-state index contributed by atoms with van der Waals surface area (Å²) in [6.07, 6.45) is -0.181. The number of nitrogens with one attached hydrogen (secondary N) is 1. The summed E-state index contributed by atoms with van der Waals surface area (Å²) in [6.45, 7) is 5.55. The summed E-state index contributed by atoms with van der Waals surface area (Å²) in [5.74, 6) is -1.09. The van der Waals surface area contributed by atoms with Crippen LogP contribution >= 0.6 is 11.6 Å². The number of rotatable bonds is 7. The molecule has 0 aliphatic rings. The van der Waals surface area contributed by atoms with Crippen molar-refractivity contribution in [1.82, 2.24) is 0 Å². The van der Waals surface area contributed by atoms with Gasteiger partial charge in [-0.05, 0) is 43.0 Å². The van der Waals surface area contributed by atoms with Gasteiger partial charge in [0.05, 0.1) is 10.5 Å². The summed E-state index contributed by atoms with van der Waals surface area (Å²) < 4.78 is 5.16. The van der Waals surface area contributed by atoms with Crippen LogP contribution < -0.4 is 5.32 Å². The van der Waals surface area contributed by atoms with Gasteiger partial charge in [0.25, 0.3) is 11.6 Å². The van der Waals surface area contributed by atoms with E-state index >= 15 is 0 Å². The Hall–Kier alpha value is -2.93. The third kappa shape index (κ3) is 5.07. The lowest BCUT2D eigenvalue weighted by molar-refractivity contribution is -0.384. The van der Waals surface area contributed by atoms with Gasteiger partial charge in [-0.1, -0.05) is 43.6 Å². The van der Waals surface area contributed by atoms with Crippen LogP contribution in [-0.2, 0) is 9.53 Å². The molecule has 2 aromatic carbocycles. The van der Waals surface area contributed by atoms with E-state index in [1.165, 1.54) is 19.1 Å². The zero-order valence-electron chi connectivity index (χ0n) is 15.8. The molecule has 0 heterocycles. The van der Waals surface area contributed by atoms with Crippen molar-refractivity contribution in [3.8, 4) is 0 Å². The van der Waals surface area contributed by atoms with Crippen molar-refractivity contribution < 1.29 is 19.2 Å². The number of hydrogen-bond acceptors (Lipinski definition) is 5. The van der Waals surface area contributed by atoms with Crippen LogP contribution in [0, 0.1) is 10.1 Å². The standard InChI is InChI=1S/C20H21ClN2O5/c1-4-12(2)15-7-5-6-8-17(15)22-19(24)13(3)28-20(25)14-9-10-16(21)18(11-14)23(26)27/h5-13H,4H2,1-3H3,(H,22,24). The highest BCUT2D eigenvalue weighted by Gasteiger charge is 2.23. The first-order valence-corrected chi connectivity index (χ1v) is 9.17. The minimum atomic E-state index is -1.09. The summed E-state index contributed by atoms with van der Waals surface area (Å²) >= 11 is 5.74. The molecule has 0 aliphatic carbocycles. The fourth-order valence-electron chi connectivity index (χ4n) is 2.56. The number of hydrogen-bond donors (Lipinski definition) is 1. The quantitative estimate of drug-likeness (QED) is 0.400. The van der Waals surface area contributed by atoms with Gasteiger partial charge >= 0.3 is 5.97 Å². The number of carbonyl (C=O) groups excluding carboxylic acids is 2. The van der Waals surface area contributed by atoms with E-state index in [9.17, 15) is 19.7 Å². The number of nitro groups is 1. The number of para-hydroxylation sites is 1. The van der Waals surface area contributed by atoms with Gasteiger partial charge in [0.1, 0.15) is 5.02 Å². The van der Waals surface area contributed by atoms with Crippen LogP contribution in [-0.4, -0.2) is 22.9 Å². The molecule has 0 saturated carbocycles. The van der Waals surface area contributed by atoms with Crippen LogP contribution in [0.5, 0.6) is 0 Å². The lowest BCUT2D eigenvalue weighted by Crippen LogP contribution is -2.30. The van der Waals surface area contributed by atoms with Crippen LogP contribution in [0.15, 0.2) is 42.5 Å². The lowest BCUT2D eigenvalue weighted by Gasteiger charge is -2.18. The van der Waals surface area contributed by atoms with Gasteiger partial charge in [-0.25, -0.2) is 4.79 Å². The van der Waals surface area contributed by atoms with Gasteiger partial charge in [-0.2, -0.15) is 0 Å². The second-order valence-corrected chi connectivity index (χ2v) is 6.76. The Morgan fingerprint density at radius 1 is 1.21 bits per heavy atom. The van der Waals surface area contributed by atoms with Crippen molar-refractivity contribution in [3.63, 3.8) is 0 Å². The molecule has 28 heavy (non-hydrogen) atoms. The average molecular weight is 405 g/mol. The fourth-order valence-corrected chi connectivity index (χ4v) is 2.74. The van der Waals surface area contributed by atoms with Crippen molar-refractivity contribution in [2.24, 2.45) is 0 Å². The first-order valence-electron chi connectivity index (χ1n) is 8.79. The number of halogens is 1. The predicted octanol–water partition coefficient (Wildman–Crippen LogP) is 4.95. The Morgan fingerprint density at radius 2 is 1.89 bits per heavy atom. The molecule has 0 aliphatic heterocycles. The Kier molecular flexibility index (Phi) is 7.12. The van der Waals surface area contributed by atoms with E-state index in [1.807, 2.05) is 18.2 Å². The molecule has 0 fully saturated rings. The second-order valence-electron chi connectivity index (χ2n) is 6.36. The molecule has 2 rings (SSSR count). The maximum Gasteiger partial charge on any atom is 0.339 e. The average Bonchev–Trinajstić information content (AvgIpc) is 2.67. The summed E-state index contributed by atoms with van der Waals surface area (Å²) in [5.41, 5.74) is 1.18. The number of nitro benzene ring substituents is 1. The van der Waals surface area contributed by atoms with Crippen LogP contribution in [0.1, 0.15) is 49.0 Å². The Bertz CT molecular complexity index is 900. The van der Waals surface area contributed by atoms with E-state index in [2.05, 4.69) is 19.2 Å². The van der Waals surface area contributed by atoms with Crippen molar-refractivity contribution in [3.05, 3.63) is 68.7 Å². The number of carbonyl (C=O) groups is 2. The van der Waals surface area contributed by atoms with Crippen LogP contribution in [0.3, 0.4) is 0 Å². The van der Waals surface area contributed by atoms with Crippen LogP contribution in [0.4, 0.5) is 11.4 Å². The third-order valence-electron chi connectivity index (χ3n) is 4.39. The number of esters is 1. The van der Waals surface area contributed by atoms with Gasteiger partial charge in [0.15, 0.2) is 6.10 Å². The topological polar surface area (TPSA) is 98.5 Å². The van der Waals surface area contributed by atoms with Crippen LogP contribution in [0.2, 0.25) is 5.02 Å². The molecule has 2 atom stereocenters. The molecule has 0 bridgehead atoms. The van der Waals surface area contributed by atoms with E-state index in [-0.39, 0.29) is 16.5 Å². The Morgan fingerprint density at radius 3 is 2.54 bits per heavy atom. The Labute approximate surface area is 167 Å². The third-order valence-corrected chi connectivity index (χ3v) is 4.71. The summed E-state index contributed by atoms with van der Waals surface area (Å²) in [5, 5.41) is 13.6. The molecule has 0 spiro atoms. The maximum absolute atomic E-state index is 12.5. The van der Waals surface area contributed by atoms with E-state index in [0.29, 0.717) is 5.69 Å². The minimum absolute atomic E-state index is 0.0595. The van der Waals surface area contributed by atoms with Gasteiger partial charge < -0.3 is 10.1 Å². The van der Waals surface area contributed by atoms with E-state index in [4.69, 9.17) is 16.3 Å². The zero-order chi connectivity index (χ0) is 20.8. The summed E-state index contributed by atoms with van der Waals surface area (Å²) in [6, 6.07) is 11.0. The van der Waals surface area contributed by atoms with Crippen LogP contribution in [0.25, 0.3) is 0 Å². The van der Waals surface area contributed by atoms with Crippen molar-refractivity contribution in [1.29, 1.82) is 0 Å². The van der Waals surface area contributed by atoms with Crippen molar-refractivity contribution >= 4 is 34.9 Å². The first-order chi connectivity index (χ1) is 13.2. The van der Waals surface area contributed by atoms with Gasteiger partial charge in [0.2, 0.25) is 0 Å². The molecule has 1 N–H and O–H groups in total. The lowest BCUT2D eigenvalue weighted by atomic mass is 9.97. The highest BCUT2D eigenvalue weighted by molar-refractivity contribution is 6.32. The van der Waals surface area contributed by atoms with Gasteiger partial charge in [-0.3, -0.25) is 14.9 Å². The largest absolute Gasteiger partial charge is 0.449 e. The molecule has 1 amide bonds. The predicted molar refractivity (Wildman–Crippen MR) is 107 cm³/mol. The highest BCUT2D eigenvalue weighted by atomic mass is 35.5. The monoisotopic (exact) mass is 404 g/mol. The molecule has 2 unspecified atom stereocenters. The van der Waals surface area contributed by atoms with Crippen molar-refractivity contribution in [2.45, 2.75) is 39.2 Å². The number of amides is 1.